The number of nitrogens with one attached hydrogen (secondary N) is 1. The SMILES string of the molecule is Cc1cccc(C)c1OCCCC(=O)N1CCC(NC(=O)c2cccc(O)c2)CC1. The minimum absolute atomic E-state index is 0.0382. The van der Waals surface area contributed by atoms with Crippen molar-refractivity contribution >= 4 is 11.8 Å². The van der Waals surface area contributed by atoms with Crippen molar-refractivity contribution in [3.05, 3.63) is 59.2 Å². The Hall–Kier alpha value is -3.02. The molecule has 1 saturated heterocycles. The number of aryl methyl sites for hydroxylation is 2. The van der Waals surface area contributed by atoms with Gasteiger partial charge < -0.3 is 20.1 Å². The number of hydrogen-bond acceptors (Lipinski definition) is 4. The van der Waals surface area contributed by atoms with Crippen LogP contribution in [0.15, 0.2) is 42.5 Å². The van der Waals surface area contributed by atoms with Crippen LogP contribution < -0.4 is 10.1 Å². The summed E-state index contributed by atoms with van der Waals surface area (Å²) in [5.41, 5.74) is 2.66. The van der Waals surface area contributed by atoms with Crippen molar-refractivity contribution in [3.8, 4) is 11.5 Å². The van der Waals surface area contributed by atoms with E-state index in [2.05, 4.69) is 5.32 Å². The van der Waals surface area contributed by atoms with Gasteiger partial charge in [0.25, 0.3) is 5.91 Å². The predicted molar refractivity (Wildman–Crippen MR) is 116 cm³/mol. The number of para-hydroxylation sites is 1. The van der Waals surface area contributed by atoms with Crippen LogP contribution in [0.5, 0.6) is 11.5 Å². The van der Waals surface area contributed by atoms with Gasteiger partial charge in [0.2, 0.25) is 5.91 Å². The van der Waals surface area contributed by atoms with Crippen LogP contribution in [-0.4, -0.2) is 47.6 Å². The van der Waals surface area contributed by atoms with Crippen LogP contribution >= 0.6 is 0 Å². The lowest BCUT2D eigenvalue weighted by molar-refractivity contribution is -0.132. The van der Waals surface area contributed by atoms with Gasteiger partial charge >= 0.3 is 0 Å². The van der Waals surface area contributed by atoms with E-state index in [9.17, 15) is 14.7 Å². The van der Waals surface area contributed by atoms with Crippen molar-refractivity contribution in [2.24, 2.45) is 0 Å². The lowest BCUT2D eigenvalue weighted by Gasteiger charge is -2.32. The number of ether oxygens (including phenoxy) is 1. The first-order valence-electron chi connectivity index (χ1n) is 10.5. The fourth-order valence-corrected chi connectivity index (χ4v) is 3.77. The van der Waals surface area contributed by atoms with Crippen molar-refractivity contribution in [2.75, 3.05) is 19.7 Å². The van der Waals surface area contributed by atoms with Crippen molar-refractivity contribution in [1.82, 2.24) is 10.2 Å². The summed E-state index contributed by atoms with van der Waals surface area (Å²) in [6, 6.07) is 12.4. The highest BCUT2D eigenvalue weighted by Crippen LogP contribution is 2.22. The van der Waals surface area contributed by atoms with E-state index in [0.29, 0.717) is 38.1 Å². The molecule has 1 fully saturated rings. The smallest absolute Gasteiger partial charge is 0.251 e. The first-order chi connectivity index (χ1) is 14.4. The first-order valence-corrected chi connectivity index (χ1v) is 10.5. The van der Waals surface area contributed by atoms with E-state index in [0.717, 1.165) is 29.7 Å². The van der Waals surface area contributed by atoms with Crippen LogP contribution in [0.2, 0.25) is 0 Å². The molecule has 0 aromatic heterocycles. The Labute approximate surface area is 177 Å². The van der Waals surface area contributed by atoms with Crippen LogP contribution in [0.4, 0.5) is 0 Å². The van der Waals surface area contributed by atoms with E-state index < -0.39 is 0 Å². The Morgan fingerprint density at radius 1 is 1.10 bits per heavy atom. The monoisotopic (exact) mass is 410 g/mol. The molecule has 30 heavy (non-hydrogen) atoms. The minimum atomic E-state index is -0.195. The van der Waals surface area contributed by atoms with Gasteiger partial charge in [-0.25, -0.2) is 0 Å². The number of hydrogen-bond donors (Lipinski definition) is 2. The molecule has 2 aromatic rings. The molecular formula is C24H30N2O4. The van der Waals surface area contributed by atoms with E-state index in [1.807, 2.05) is 36.9 Å². The van der Waals surface area contributed by atoms with Crippen LogP contribution in [0.25, 0.3) is 0 Å². The number of nitrogens with zero attached hydrogens (tertiary/aromatic N) is 1. The third-order valence-electron chi connectivity index (χ3n) is 5.48. The molecule has 0 saturated carbocycles. The molecule has 0 bridgehead atoms. The Balaban J connectivity index is 1.37. The largest absolute Gasteiger partial charge is 0.508 e. The predicted octanol–water partition coefficient (Wildman–Crippen LogP) is 3.59. The molecule has 1 heterocycles. The number of carbonyl (C=O) groups is 2. The number of likely N-dealkylation sites (tertiary alicyclic amines) is 1. The number of amides is 2. The fraction of sp³-hybridized carbons (Fsp3) is 0.417. The molecule has 0 radical (unpaired) electrons. The van der Waals surface area contributed by atoms with Gasteiger partial charge in [-0.3, -0.25) is 9.59 Å². The summed E-state index contributed by atoms with van der Waals surface area (Å²) < 4.78 is 5.88. The third-order valence-corrected chi connectivity index (χ3v) is 5.48. The Morgan fingerprint density at radius 2 is 1.77 bits per heavy atom. The number of benzene rings is 2. The molecule has 0 atom stereocenters. The van der Waals surface area contributed by atoms with Gasteiger partial charge in [0.1, 0.15) is 11.5 Å². The Kier molecular flexibility index (Phi) is 7.33. The highest BCUT2D eigenvalue weighted by Gasteiger charge is 2.24. The van der Waals surface area contributed by atoms with Gasteiger partial charge in [-0.15, -0.1) is 0 Å². The maximum absolute atomic E-state index is 12.5. The quantitative estimate of drug-likeness (QED) is 0.684. The van der Waals surface area contributed by atoms with Crippen LogP contribution in [0.1, 0.15) is 47.2 Å². The van der Waals surface area contributed by atoms with Crippen molar-refractivity contribution in [3.63, 3.8) is 0 Å². The second-order valence-corrected chi connectivity index (χ2v) is 7.85. The Morgan fingerprint density at radius 3 is 2.43 bits per heavy atom. The van der Waals surface area contributed by atoms with E-state index in [1.54, 1.807) is 12.1 Å². The average molecular weight is 411 g/mol. The second-order valence-electron chi connectivity index (χ2n) is 7.85. The normalized spacial score (nSPS) is 14.4. The molecule has 6 nitrogen and oxygen atoms in total. The van der Waals surface area contributed by atoms with Crippen molar-refractivity contribution < 1.29 is 19.4 Å². The summed E-state index contributed by atoms with van der Waals surface area (Å²) in [5, 5.41) is 12.5. The number of piperidine rings is 1. The molecule has 3 rings (SSSR count). The lowest BCUT2D eigenvalue weighted by atomic mass is 10.0. The van der Waals surface area contributed by atoms with Crippen molar-refractivity contribution in [2.45, 2.75) is 45.6 Å². The number of rotatable bonds is 7. The number of phenolic OH excluding ortho intramolecular Hbond substituents is 1. The summed E-state index contributed by atoms with van der Waals surface area (Å²) in [6.07, 6.45) is 2.61. The maximum atomic E-state index is 12.5. The Bertz CT molecular complexity index is 868. The zero-order chi connectivity index (χ0) is 21.5. The standard InChI is InChI=1S/C24H30N2O4/c1-17-6-3-7-18(2)23(17)30-15-5-10-22(28)26-13-11-20(12-14-26)25-24(29)19-8-4-9-21(27)16-19/h3-4,6-9,16,20,27H,5,10-15H2,1-2H3,(H,25,29). The van der Waals surface area contributed by atoms with E-state index in [4.69, 9.17) is 4.74 Å². The lowest BCUT2D eigenvalue weighted by Crippen LogP contribution is -2.46. The molecular weight excluding hydrogens is 380 g/mol. The third kappa shape index (κ3) is 5.75. The number of aromatic hydroxyl groups is 1. The summed E-state index contributed by atoms with van der Waals surface area (Å²) in [4.78, 5) is 26.7. The van der Waals surface area contributed by atoms with E-state index in [1.165, 1.54) is 12.1 Å². The molecule has 0 unspecified atom stereocenters. The minimum Gasteiger partial charge on any atom is -0.508 e. The van der Waals surface area contributed by atoms with E-state index >= 15 is 0 Å². The molecule has 2 aromatic carbocycles. The molecule has 0 spiro atoms. The molecule has 6 heteroatoms. The van der Waals surface area contributed by atoms with Gasteiger partial charge in [-0.2, -0.15) is 0 Å². The summed E-state index contributed by atoms with van der Waals surface area (Å²) in [5.74, 6) is 0.926. The zero-order valence-corrected chi connectivity index (χ0v) is 17.7. The van der Waals surface area contributed by atoms with Gasteiger partial charge in [0.15, 0.2) is 0 Å². The maximum Gasteiger partial charge on any atom is 0.251 e. The molecule has 160 valence electrons. The molecule has 0 aliphatic carbocycles. The van der Waals surface area contributed by atoms with Gasteiger partial charge in [-0.1, -0.05) is 24.3 Å². The first kappa shape index (κ1) is 21.7. The van der Waals surface area contributed by atoms with Gasteiger partial charge in [0, 0.05) is 31.1 Å². The molecule has 1 aliphatic rings. The highest BCUT2D eigenvalue weighted by atomic mass is 16.5. The highest BCUT2D eigenvalue weighted by molar-refractivity contribution is 5.94. The fourth-order valence-electron chi connectivity index (χ4n) is 3.77. The summed E-state index contributed by atoms with van der Waals surface area (Å²) in [7, 11) is 0. The summed E-state index contributed by atoms with van der Waals surface area (Å²) >= 11 is 0. The second kappa shape index (κ2) is 10.1. The average Bonchev–Trinajstić information content (AvgIpc) is 2.73. The van der Waals surface area contributed by atoms with Crippen LogP contribution in [-0.2, 0) is 4.79 Å². The molecule has 2 N–H and O–H groups in total. The van der Waals surface area contributed by atoms with E-state index in [-0.39, 0.29) is 23.6 Å². The van der Waals surface area contributed by atoms with Crippen LogP contribution in [0.3, 0.4) is 0 Å². The van der Waals surface area contributed by atoms with Gasteiger partial charge in [-0.05, 0) is 62.4 Å². The number of carbonyl (C=O) groups excluding carboxylic acids is 2. The summed E-state index contributed by atoms with van der Waals surface area (Å²) in [6.45, 7) is 5.85. The molecule has 1 aliphatic heterocycles. The van der Waals surface area contributed by atoms with Crippen LogP contribution in [0, 0.1) is 13.8 Å². The van der Waals surface area contributed by atoms with Gasteiger partial charge in [0.05, 0.1) is 6.61 Å². The topological polar surface area (TPSA) is 78.9 Å². The molecule has 2 amide bonds. The zero-order valence-electron chi connectivity index (χ0n) is 17.7. The van der Waals surface area contributed by atoms with Crippen molar-refractivity contribution in [1.29, 1.82) is 0 Å². The number of phenols is 1.